The zero-order chi connectivity index (χ0) is 19.8. The number of amides is 2. The second kappa shape index (κ2) is 7.26. The van der Waals surface area contributed by atoms with Gasteiger partial charge in [-0.3, -0.25) is 9.59 Å². The lowest BCUT2D eigenvalue weighted by atomic mass is 10.1. The largest absolute Gasteiger partial charge is 0.350 e. The molecule has 0 fully saturated rings. The Labute approximate surface area is 172 Å². The number of anilines is 2. The second-order valence-corrected chi connectivity index (χ2v) is 7.90. The van der Waals surface area contributed by atoms with Crippen molar-refractivity contribution in [2.24, 2.45) is 0 Å². The molecule has 0 radical (unpaired) electrons. The molecule has 0 aliphatic carbocycles. The van der Waals surface area contributed by atoms with Crippen LogP contribution in [-0.2, 0) is 9.59 Å². The minimum absolute atomic E-state index is 0.260. The molecule has 140 valence electrons. The number of halogens is 1. The molecule has 4 rings (SSSR count). The Kier molecular flexibility index (Phi) is 4.79. The third-order valence-corrected chi connectivity index (χ3v) is 5.93. The number of rotatable bonds is 4. The van der Waals surface area contributed by atoms with Gasteiger partial charge in [-0.05, 0) is 60.7 Å². The van der Waals surface area contributed by atoms with Gasteiger partial charge in [0.1, 0.15) is 5.70 Å². The third kappa shape index (κ3) is 3.13. The van der Waals surface area contributed by atoms with Gasteiger partial charge in [-0.1, -0.05) is 35.9 Å². The molecule has 28 heavy (non-hydrogen) atoms. The highest BCUT2D eigenvalue weighted by atomic mass is 35.5. The number of nitrogens with one attached hydrogen (secondary N) is 1. The van der Waals surface area contributed by atoms with Gasteiger partial charge in [0, 0.05) is 10.6 Å². The highest BCUT2D eigenvalue weighted by Crippen LogP contribution is 2.37. The Morgan fingerprint density at radius 1 is 0.929 bits per heavy atom. The van der Waals surface area contributed by atoms with E-state index in [1.165, 1.54) is 11.3 Å². The molecule has 2 aromatic carbocycles. The van der Waals surface area contributed by atoms with E-state index in [9.17, 15) is 9.59 Å². The molecule has 0 saturated heterocycles. The molecule has 0 atom stereocenters. The topological polar surface area (TPSA) is 49.4 Å². The number of thiophene rings is 1. The van der Waals surface area contributed by atoms with Crippen LogP contribution in [0.4, 0.5) is 11.4 Å². The summed E-state index contributed by atoms with van der Waals surface area (Å²) >= 11 is 7.69. The van der Waals surface area contributed by atoms with E-state index >= 15 is 0 Å². The number of carbonyl (C=O) groups is 2. The van der Waals surface area contributed by atoms with Gasteiger partial charge in [-0.15, -0.1) is 11.3 Å². The van der Waals surface area contributed by atoms with E-state index in [2.05, 4.69) is 5.32 Å². The van der Waals surface area contributed by atoms with Crippen LogP contribution in [0.25, 0.3) is 5.57 Å². The third-order valence-electron chi connectivity index (χ3n) is 4.72. The summed E-state index contributed by atoms with van der Waals surface area (Å²) in [5.74, 6) is -0.799. The summed E-state index contributed by atoms with van der Waals surface area (Å²) in [4.78, 5) is 28.4. The first-order valence-electron chi connectivity index (χ1n) is 8.73. The molecule has 2 heterocycles. The molecule has 0 bridgehead atoms. The molecule has 0 spiro atoms. The van der Waals surface area contributed by atoms with Crippen molar-refractivity contribution >= 4 is 51.7 Å². The molecule has 1 aromatic heterocycles. The maximum atomic E-state index is 13.3. The van der Waals surface area contributed by atoms with Gasteiger partial charge in [-0.2, -0.15) is 0 Å². The Morgan fingerprint density at radius 2 is 1.71 bits per heavy atom. The highest BCUT2D eigenvalue weighted by molar-refractivity contribution is 7.11. The van der Waals surface area contributed by atoms with Crippen molar-refractivity contribution < 1.29 is 9.59 Å². The molecule has 0 saturated carbocycles. The standard InChI is InChI=1S/C22H17ClN2O2S/c1-13-9-10-15(12-14(13)2)24-20-19(18-8-5-11-28-18)21(26)25(22(20)27)17-7-4-3-6-16(17)23/h3-12,24H,1-2H3. The first-order valence-corrected chi connectivity index (χ1v) is 9.99. The zero-order valence-corrected chi connectivity index (χ0v) is 16.9. The fourth-order valence-electron chi connectivity index (χ4n) is 3.11. The molecule has 6 heteroatoms. The molecule has 1 aliphatic rings. The Hall–Kier alpha value is -2.89. The predicted molar refractivity (Wildman–Crippen MR) is 115 cm³/mol. The minimum Gasteiger partial charge on any atom is -0.350 e. The van der Waals surface area contributed by atoms with Gasteiger partial charge in [-0.25, -0.2) is 4.90 Å². The zero-order valence-electron chi connectivity index (χ0n) is 15.3. The summed E-state index contributed by atoms with van der Waals surface area (Å²) in [7, 11) is 0. The SMILES string of the molecule is Cc1ccc(NC2=C(c3cccs3)C(=O)N(c3ccccc3Cl)C2=O)cc1C. The normalized spacial score (nSPS) is 14.2. The van der Waals surface area contributed by atoms with E-state index < -0.39 is 5.91 Å². The lowest BCUT2D eigenvalue weighted by molar-refractivity contribution is -0.120. The average Bonchev–Trinajstić information content (AvgIpc) is 3.27. The fraction of sp³-hybridized carbons (Fsp3) is 0.0909. The molecular weight excluding hydrogens is 392 g/mol. The Bertz CT molecular complexity index is 1120. The lowest BCUT2D eigenvalue weighted by Crippen LogP contribution is -2.32. The molecular formula is C22H17ClN2O2S. The summed E-state index contributed by atoms with van der Waals surface area (Å²) in [6, 6.07) is 16.4. The average molecular weight is 409 g/mol. The van der Waals surface area contributed by atoms with E-state index in [0.29, 0.717) is 16.3 Å². The minimum atomic E-state index is -0.417. The van der Waals surface area contributed by atoms with Crippen LogP contribution in [0.2, 0.25) is 5.02 Å². The Morgan fingerprint density at radius 3 is 2.39 bits per heavy atom. The number of benzene rings is 2. The molecule has 1 aliphatic heterocycles. The van der Waals surface area contributed by atoms with Crippen LogP contribution in [0.15, 0.2) is 65.7 Å². The van der Waals surface area contributed by atoms with Crippen molar-refractivity contribution in [1.29, 1.82) is 0 Å². The van der Waals surface area contributed by atoms with Crippen molar-refractivity contribution in [2.45, 2.75) is 13.8 Å². The lowest BCUT2D eigenvalue weighted by Gasteiger charge is -2.16. The number of imide groups is 1. The smallest absolute Gasteiger partial charge is 0.282 e. The molecule has 1 N–H and O–H groups in total. The molecule has 2 amide bonds. The van der Waals surface area contributed by atoms with Crippen molar-refractivity contribution in [3.05, 3.63) is 86.7 Å². The van der Waals surface area contributed by atoms with Crippen LogP contribution < -0.4 is 10.2 Å². The molecule has 0 unspecified atom stereocenters. The number of para-hydroxylation sites is 1. The maximum Gasteiger partial charge on any atom is 0.282 e. The number of nitrogens with zero attached hydrogens (tertiary/aromatic N) is 1. The second-order valence-electron chi connectivity index (χ2n) is 6.55. The number of hydrogen-bond donors (Lipinski definition) is 1. The van der Waals surface area contributed by atoms with Crippen molar-refractivity contribution in [3.8, 4) is 0 Å². The van der Waals surface area contributed by atoms with Crippen LogP contribution >= 0.6 is 22.9 Å². The van der Waals surface area contributed by atoms with E-state index in [1.54, 1.807) is 24.3 Å². The van der Waals surface area contributed by atoms with Crippen molar-refractivity contribution in [3.63, 3.8) is 0 Å². The van der Waals surface area contributed by atoms with Crippen molar-refractivity contribution in [2.75, 3.05) is 10.2 Å². The van der Waals surface area contributed by atoms with Gasteiger partial charge in [0.25, 0.3) is 11.8 Å². The fourth-order valence-corrected chi connectivity index (χ4v) is 4.10. The summed E-state index contributed by atoms with van der Waals surface area (Å²) in [6.07, 6.45) is 0. The van der Waals surface area contributed by atoms with Gasteiger partial charge < -0.3 is 5.32 Å². The first kappa shape index (κ1) is 18.5. The van der Waals surface area contributed by atoms with Crippen LogP contribution in [0.1, 0.15) is 16.0 Å². The van der Waals surface area contributed by atoms with Crippen molar-refractivity contribution in [1.82, 2.24) is 0 Å². The van der Waals surface area contributed by atoms with Crippen LogP contribution in [-0.4, -0.2) is 11.8 Å². The highest BCUT2D eigenvalue weighted by Gasteiger charge is 2.41. The Balaban J connectivity index is 1.82. The van der Waals surface area contributed by atoms with E-state index in [1.807, 2.05) is 49.6 Å². The maximum absolute atomic E-state index is 13.3. The van der Waals surface area contributed by atoms with E-state index in [4.69, 9.17) is 11.6 Å². The number of carbonyl (C=O) groups excluding carboxylic acids is 2. The molecule has 3 aromatic rings. The molecule has 4 nitrogen and oxygen atoms in total. The first-order chi connectivity index (χ1) is 13.5. The summed E-state index contributed by atoms with van der Waals surface area (Å²) in [6.45, 7) is 4.03. The van der Waals surface area contributed by atoms with Gasteiger partial charge in [0.05, 0.1) is 16.3 Å². The van der Waals surface area contributed by atoms with Gasteiger partial charge in [0.15, 0.2) is 0 Å². The monoisotopic (exact) mass is 408 g/mol. The predicted octanol–water partition coefficient (Wildman–Crippen LogP) is 5.41. The summed E-state index contributed by atoms with van der Waals surface area (Å²) < 4.78 is 0. The van der Waals surface area contributed by atoms with Gasteiger partial charge in [0.2, 0.25) is 0 Å². The summed E-state index contributed by atoms with van der Waals surface area (Å²) in [5.41, 5.74) is 4.01. The van der Waals surface area contributed by atoms with Crippen LogP contribution in [0.3, 0.4) is 0 Å². The summed E-state index contributed by atoms with van der Waals surface area (Å²) in [5, 5.41) is 5.41. The number of aryl methyl sites for hydroxylation is 2. The number of hydrogen-bond acceptors (Lipinski definition) is 4. The van der Waals surface area contributed by atoms with E-state index in [0.717, 1.165) is 26.6 Å². The van der Waals surface area contributed by atoms with Crippen LogP contribution in [0.5, 0.6) is 0 Å². The van der Waals surface area contributed by atoms with E-state index in [-0.39, 0.29) is 11.6 Å². The van der Waals surface area contributed by atoms with Crippen LogP contribution in [0, 0.1) is 13.8 Å². The van der Waals surface area contributed by atoms with Gasteiger partial charge >= 0.3 is 0 Å². The quantitative estimate of drug-likeness (QED) is 0.587.